The Morgan fingerprint density at radius 2 is 1.60 bits per heavy atom. The van der Waals surface area contributed by atoms with Crippen LogP contribution in [0.1, 0.15) is 5.56 Å². The molecule has 0 amide bonds. The molecule has 0 aliphatic heterocycles. The molecule has 0 radical (unpaired) electrons. The Labute approximate surface area is 73.2 Å². The smallest absolute Gasteiger partial charge is 0.0474 e. The highest BCUT2D eigenvalue weighted by atomic mass is 35.5. The first-order chi connectivity index (χ1) is 4.93. The van der Waals surface area contributed by atoms with Gasteiger partial charge in [0.25, 0.3) is 0 Å². The second-order valence-electron chi connectivity index (χ2n) is 1.62. The van der Waals surface area contributed by atoms with E-state index in [9.17, 15) is 0 Å². The second-order valence-corrected chi connectivity index (χ2v) is 1.89. The van der Waals surface area contributed by atoms with Gasteiger partial charge >= 0.3 is 0 Å². The average Bonchev–Trinajstić information content (AvgIpc) is 2.10. The van der Waals surface area contributed by atoms with Crippen LogP contribution in [0.3, 0.4) is 0 Å². The number of benzene rings is 1. The van der Waals surface area contributed by atoms with Crippen molar-refractivity contribution in [3.8, 4) is 0 Å². The predicted octanol–water partition coefficient (Wildman–Crippen LogP) is 0.0576. The Morgan fingerprint density at radius 3 is 1.90 bits per heavy atom. The van der Waals surface area contributed by atoms with Crippen molar-refractivity contribution in [2.45, 2.75) is 5.88 Å². The number of hydrogen-bond acceptors (Lipinski definition) is 0. The van der Waals surface area contributed by atoms with Gasteiger partial charge < -0.3 is 0 Å². The molecule has 10 heavy (non-hydrogen) atoms. The van der Waals surface area contributed by atoms with Crippen LogP contribution in [-0.4, -0.2) is 19.5 Å². The summed E-state index contributed by atoms with van der Waals surface area (Å²) in [5, 5.41) is 0. The highest BCUT2D eigenvalue weighted by molar-refractivity contribution is 6.75. The van der Waals surface area contributed by atoms with E-state index in [0.29, 0.717) is 5.88 Å². The second kappa shape index (κ2) is 7.06. The molecule has 0 saturated carbocycles. The van der Waals surface area contributed by atoms with Gasteiger partial charge in [0.1, 0.15) is 0 Å². The first-order valence-electron chi connectivity index (χ1n) is 3.53. The summed E-state index contributed by atoms with van der Waals surface area (Å²) in [6.07, 6.45) is 0. The molecule has 1 aromatic carbocycles. The quantitative estimate of drug-likeness (QED) is 0.432. The zero-order valence-electron chi connectivity index (χ0n) is 6.47. The van der Waals surface area contributed by atoms with Gasteiger partial charge in [0.2, 0.25) is 0 Å². The lowest BCUT2D eigenvalue weighted by Crippen LogP contribution is -1.71. The first-order valence-corrected chi connectivity index (χ1v) is 12.1. The predicted molar refractivity (Wildman–Crippen MR) is 55.9 cm³/mol. The lowest BCUT2D eigenvalue weighted by Gasteiger charge is -1.88. The van der Waals surface area contributed by atoms with Gasteiger partial charge in [0.05, 0.1) is 0 Å². The van der Waals surface area contributed by atoms with E-state index in [0.717, 1.165) is 0 Å². The van der Waals surface area contributed by atoms with Crippen LogP contribution < -0.4 is 0 Å². The Kier molecular flexibility index (Phi) is 7.02. The van der Waals surface area contributed by atoms with E-state index in [1.165, 1.54) is 25.1 Å². The monoisotopic (exact) mass is 188 g/mol. The third-order valence-electron chi connectivity index (χ3n) is 0.997. The van der Waals surface area contributed by atoms with E-state index >= 15 is 0 Å². The third kappa shape index (κ3) is 3.87. The molecule has 0 N–H and O–H groups in total. The van der Waals surface area contributed by atoms with Crippen molar-refractivity contribution in [2.75, 3.05) is 0 Å². The average molecular weight is 189 g/mol. The van der Waals surface area contributed by atoms with Crippen molar-refractivity contribution >= 4 is 31.1 Å². The number of hydrogen-bond donors (Lipinski definition) is 0. The van der Waals surface area contributed by atoms with Crippen molar-refractivity contribution in [2.24, 2.45) is 0 Å². The van der Waals surface area contributed by atoms with Gasteiger partial charge in [0, 0.05) is 5.88 Å². The molecule has 0 heterocycles. The molecule has 1 aromatic rings. The minimum absolute atomic E-state index is 0.612. The van der Waals surface area contributed by atoms with Gasteiger partial charge in [-0.3, -0.25) is 0 Å². The SMILES string of the molecule is ClCc1ccccc1.[SiH3][SiH3]. The molecule has 56 valence electrons. The molecule has 0 nitrogen and oxygen atoms in total. The molecular weight excluding hydrogens is 176 g/mol. The molecule has 0 atom stereocenters. The highest BCUT2D eigenvalue weighted by Crippen LogP contribution is 2.00. The summed E-state index contributed by atoms with van der Waals surface area (Å²) in [4.78, 5) is 0. The van der Waals surface area contributed by atoms with Crippen LogP contribution in [0, 0.1) is 0 Å². The topological polar surface area (TPSA) is 0 Å². The Balaban J connectivity index is 0.000000371. The Hall–Kier alpha value is -0.0562. The molecule has 0 aliphatic rings. The largest absolute Gasteiger partial charge is 0.122 e. The number of halogens is 1. The van der Waals surface area contributed by atoms with Crippen LogP contribution in [0.5, 0.6) is 0 Å². The van der Waals surface area contributed by atoms with Gasteiger partial charge in [-0.2, -0.15) is 0 Å². The molecule has 0 spiro atoms. The lowest BCUT2D eigenvalue weighted by atomic mass is 10.2. The third-order valence-corrected chi connectivity index (χ3v) is 1.31. The Morgan fingerprint density at radius 1 is 1.10 bits per heavy atom. The van der Waals surface area contributed by atoms with Crippen LogP contribution in [0.15, 0.2) is 30.3 Å². The van der Waals surface area contributed by atoms with Crippen LogP contribution in [-0.2, 0) is 5.88 Å². The summed E-state index contributed by atoms with van der Waals surface area (Å²) in [6, 6.07) is 9.96. The van der Waals surface area contributed by atoms with Gasteiger partial charge in [-0.15, -0.1) is 11.6 Å². The maximum atomic E-state index is 5.53. The zero-order valence-corrected chi connectivity index (χ0v) is 11.2. The maximum Gasteiger partial charge on any atom is 0.0474 e. The molecule has 0 fully saturated rings. The zero-order chi connectivity index (χ0) is 7.82. The van der Waals surface area contributed by atoms with E-state index in [-0.39, 0.29) is 0 Å². The van der Waals surface area contributed by atoms with Crippen molar-refractivity contribution in [3.63, 3.8) is 0 Å². The molecule has 3 heteroatoms. The fraction of sp³-hybridized carbons (Fsp3) is 0.143. The summed E-state index contributed by atoms with van der Waals surface area (Å²) in [7, 11) is 2.89. The summed E-state index contributed by atoms with van der Waals surface area (Å²) in [5.74, 6) is 0.612. The summed E-state index contributed by atoms with van der Waals surface area (Å²) >= 11 is 5.53. The fourth-order valence-corrected chi connectivity index (χ4v) is 0.745. The fourth-order valence-electron chi connectivity index (χ4n) is 0.567. The van der Waals surface area contributed by atoms with Crippen LogP contribution in [0.2, 0.25) is 0 Å². The van der Waals surface area contributed by atoms with Gasteiger partial charge in [-0.05, 0) is 25.1 Å². The maximum absolute atomic E-state index is 5.53. The van der Waals surface area contributed by atoms with Gasteiger partial charge in [-0.25, -0.2) is 0 Å². The Bertz CT molecular complexity index is 153. The highest BCUT2D eigenvalue weighted by Gasteiger charge is 1.81. The first kappa shape index (κ1) is 9.94. The van der Waals surface area contributed by atoms with Crippen LogP contribution in [0.25, 0.3) is 0 Å². The van der Waals surface area contributed by atoms with Crippen LogP contribution in [0.4, 0.5) is 0 Å². The normalized spacial score (nSPS) is 8.50. The molecule has 0 aliphatic carbocycles. The molecule has 0 bridgehead atoms. The number of alkyl halides is 1. The minimum Gasteiger partial charge on any atom is -0.122 e. The van der Waals surface area contributed by atoms with Crippen molar-refractivity contribution < 1.29 is 0 Å². The van der Waals surface area contributed by atoms with Crippen molar-refractivity contribution in [1.82, 2.24) is 0 Å². The molecule has 1 rings (SSSR count). The molecule has 0 aromatic heterocycles. The standard InChI is InChI=1S/C7H7Cl.H6Si2/c8-6-7-4-2-1-3-5-7;1-2/h1-5H,6H2;1-2H3. The summed E-state index contributed by atoms with van der Waals surface area (Å²) in [5.41, 5.74) is 1.18. The van der Waals surface area contributed by atoms with Crippen LogP contribution >= 0.6 is 11.6 Å². The molecular formula is C7H13ClSi2. The number of rotatable bonds is 1. The summed E-state index contributed by atoms with van der Waals surface area (Å²) in [6.45, 7) is 0. The minimum atomic E-state index is 0.612. The molecule has 0 unspecified atom stereocenters. The van der Waals surface area contributed by atoms with Gasteiger partial charge in [-0.1, -0.05) is 30.3 Å². The van der Waals surface area contributed by atoms with E-state index in [4.69, 9.17) is 11.6 Å². The molecule has 0 saturated heterocycles. The van der Waals surface area contributed by atoms with Gasteiger partial charge in [0.15, 0.2) is 0 Å². The lowest BCUT2D eigenvalue weighted by molar-refractivity contribution is 1.41. The van der Waals surface area contributed by atoms with E-state index in [1.54, 1.807) is 0 Å². The van der Waals surface area contributed by atoms with E-state index in [1.807, 2.05) is 30.3 Å². The van der Waals surface area contributed by atoms with Crippen molar-refractivity contribution in [3.05, 3.63) is 35.9 Å². The van der Waals surface area contributed by atoms with Crippen molar-refractivity contribution in [1.29, 1.82) is 0 Å². The summed E-state index contributed by atoms with van der Waals surface area (Å²) < 4.78 is 0. The van der Waals surface area contributed by atoms with E-state index in [2.05, 4.69) is 0 Å². The van der Waals surface area contributed by atoms with E-state index < -0.39 is 0 Å².